The van der Waals surface area contributed by atoms with Gasteiger partial charge in [-0.2, -0.15) is 0 Å². The van der Waals surface area contributed by atoms with Crippen LogP contribution in [-0.2, 0) is 14.4 Å². The van der Waals surface area contributed by atoms with Crippen LogP contribution in [-0.4, -0.2) is 52.8 Å². The van der Waals surface area contributed by atoms with E-state index in [1.165, 1.54) is 16.7 Å². The monoisotopic (exact) mass is 379 g/mol. The average Bonchev–Trinajstić information content (AvgIpc) is 2.50. The molecule has 3 amide bonds. The quantitative estimate of drug-likeness (QED) is 0.727. The molecule has 144 valence electrons. The number of rotatable bonds is 8. The molecule has 1 aromatic rings. The van der Waals surface area contributed by atoms with Crippen LogP contribution in [0.2, 0.25) is 0 Å². The summed E-state index contributed by atoms with van der Waals surface area (Å²) in [5, 5.41) is 5.65. The fraction of sp³-hybridized carbons (Fsp3) is 0.526. The molecule has 0 radical (unpaired) electrons. The zero-order valence-corrected chi connectivity index (χ0v) is 17.0. The van der Waals surface area contributed by atoms with Gasteiger partial charge in [-0.3, -0.25) is 14.4 Å². The van der Waals surface area contributed by atoms with Gasteiger partial charge in [0.2, 0.25) is 17.7 Å². The Morgan fingerprint density at radius 1 is 1.12 bits per heavy atom. The zero-order valence-electron chi connectivity index (χ0n) is 16.2. The summed E-state index contributed by atoms with van der Waals surface area (Å²) in [6, 6.07) is 7.55. The predicted octanol–water partition coefficient (Wildman–Crippen LogP) is 2.43. The smallest absolute Gasteiger partial charge is 0.240 e. The van der Waals surface area contributed by atoms with Crippen LogP contribution >= 0.6 is 11.8 Å². The van der Waals surface area contributed by atoms with Crippen molar-refractivity contribution in [3.63, 3.8) is 0 Å². The van der Waals surface area contributed by atoms with E-state index in [4.69, 9.17) is 0 Å². The van der Waals surface area contributed by atoms with Gasteiger partial charge in [-0.25, -0.2) is 0 Å². The molecule has 0 heterocycles. The van der Waals surface area contributed by atoms with E-state index in [0.717, 1.165) is 11.3 Å². The summed E-state index contributed by atoms with van der Waals surface area (Å²) in [6.45, 7) is 9.95. The number of anilines is 1. The van der Waals surface area contributed by atoms with Gasteiger partial charge in [0.1, 0.15) is 0 Å². The lowest BCUT2D eigenvalue weighted by Crippen LogP contribution is -2.47. The van der Waals surface area contributed by atoms with Crippen LogP contribution in [0.15, 0.2) is 24.3 Å². The second kappa shape index (κ2) is 10.2. The van der Waals surface area contributed by atoms with Gasteiger partial charge in [-0.05, 0) is 52.3 Å². The number of nitrogens with one attached hydrogen (secondary N) is 2. The van der Waals surface area contributed by atoms with Crippen LogP contribution in [0.1, 0.15) is 33.3 Å². The van der Waals surface area contributed by atoms with Crippen molar-refractivity contribution in [2.75, 3.05) is 29.9 Å². The van der Waals surface area contributed by atoms with Gasteiger partial charge in [0.15, 0.2) is 0 Å². The minimum Gasteiger partial charge on any atom is -0.350 e. The summed E-state index contributed by atoms with van der Waals surface area (Å²) in [5.74, 6) is -0.134. The maximum atomic E-state index is 12.3. The third-order valence-electron chi connectivity index (χ3n) is 3.34. The molecule has 0 aromatic heterocycles. The van der Waals surface area contributed by atoms with E-state index < -0.39 is 0 Å². The van der Waals surface area contributed by atoms with E-state index in [1.807, 2.05) is 58.9 Å². The molecular formula is C19H29N3O3S. The molecule has 0 unspecified atom stereocenters. The first-order chi connectivity index (χ1) is 12.1. The Kier molecular flexibility index (Phi) is 8.65. The van der Waals surface area contributed by atoms with Gasteiger partial charge < -0.3 is 15.5 Å². The second-order valence-electron chi connectivity index (χ2n) is 7.12. The fourth-order valence-electron chi connectivity index (χ4n) is 2.25. The lowest BCUT2D eigenvalue weighted by atomic mass is 10.1. The van der Waals surface area contributed by atoms with Crippen LogP contribution in [0.5, 0.6) is 0 Å². The molecule has 1 aromatic carbocycles. The molecule has 26 heavy (non-hydrogen) atoms. The van der Waals surface area contributed by atoms with E-state index >= 15 is 0 Å². The Balaban J connectivity index is 2.39. The Labute approximate surface area is 160 Å². The Bertz CT molecular complexity index is 641. The van der Waals surface area contributed by atoms with Crippen molar-refractivity contribution < 1.29 is 14.4 Å². The molecule has 0 aliphatic heterocycles. The van der Waals surface area contributed by atoms with Crippen molar-refractivity contribution in [3.8, 4) is 0 Å². The molecule has 7 heteroatoms. The van der Waals surface area contributed by atoms with E-state index in [2.05, 4.69) is 10.6 Å². The maximum absolute atomic E-state index is 12.3. The van der Waals surface area contributed by atoms with Crippen LogP contribution in [0, 0.1) is 6.92 Å². The highest BCUT2D eigenvalue weighted by atomic mass is 32.2. The van der Waals surface area contributed by atoms with E-state index in [1.54, 1.807) is 0 Å². The number of aryl methyl sites for hydroxylation is 1. The number of carbonyl (C=O) groups excluding carboxylic acids is 3. The van der Waals surface area contributed by atoms with Crippen LogP contribution in [0.4, 0.5) is 5.69 Å². The van der Waals surface area contributed by atoms with Crippen molar-refractivity contribution in [1.82, 2.24) is 10.2 Å². The van der Waals surface area contributed by atoms with E-state index in [-0.39, 0.29) is 41.3 Å². The molecule has 6 nitrogen and oxygen atoms in total. The number of nitrogens with zero attached hydrogens (tertiary/aromatic N) is 1. The Morgan fingerprint density at radius 2 is 1.81 bits per heavy atom. The third-order valence-corrected chi connectivity index (χ3v) is 4.26. The standard InChI is InChI=1S/C19H29N3O3S/c1-6-22(11-16(23)21-19(3,4)5)18(25)13-26-12-17(24)20-15-9-7-8-14(2)10-15/h7-10H,6,11-13H2,1-5H3,(H,20,24)(H,21,23). The molecule has 0 aliphatic rings. The van der Waals surface area contributed by atoms with Crippen LogP contribution < -0.4 is 10.6 Å². The molecule has 0 bridgehead atoms. The molecular weight excluding hydrogens is 350 g/mol. The predicted molar refractivity (Wildman–Crippen MR) is 107 cm³/mol. The number of benzene rings is 1. The molecule has 0 spiro atoms. The average molecular weight is 380 g/mol. The number of hydrogen-bond acceptors (Lipinski definition) is 4. The van der Waals surface area contributed by atoms with Crippen molar-refractivity contribution >= 4 is 35.2 Å². The summed E-state index contributed by atoms with van der Waals surface area (Å²) in [6.07, 6.45) is 0. The number of thioether (sulfide) groups is 1. The largest absolute Gasteiger partial charge is 0.350 e. The molecule has 0 saturated heterocycles. The summed E-state index contributed by atoms with van der Waals surface area (Å²) < 4.78 is 0. The van der Waals surface area contributed by atoms with Gasteiger partial charge in [-0.1, -0.05) is 12.1 Å². The lowest BCUT2D eigenvalue weighted by Gasteiger charge is -2.25. The van der Waals surface area contributed by atoms with Gasteiger partial charge in [0.05, 0.1) is 18.1 Å². The van der Waals surface area contributed by atoms with Gasteiger partial charge in [0, 0.05) is 17.8 Å². The van der Waals surface area contributed by atoms with Crippen LogP contribution in [0.25, 0.3) is 0 Å². The number of carbonyl (C=O) groups is 3. The second-order valence-corrected chi connectivity index (χ2v) is 8.10. The van der Waals surface area contributed by atoms with Crippen molar-refractivity contribution in [3.05, 3.63) is 29.8 Å². The van der Waals surface area contributed by atoms with Crippen LogP contribution in [0.3, 0.4) is 0 Å². The third kappa shape index (κ3) is 8.89. The summed E-state index contributed by atoms with van der Waals surface area (Å²) >= 11 is 1.24. The van der Waals surface area contributed by atoms with Crippen molar-refractivity contribution in [1.29, 1.82) is 0 Å². The zero-order chi connectivity index (χ0) is 19.7. The Hall–Kier alpha value is -2.02. The van der Waals surface area contributed by atoms with E-state index in [9.17, 15) is 14.4 Å². The fourth-order valence-corrected chi connectivity index (χ4v) is 2.97. The summed E-state index contributed by atoms with van der Waals surface area (Å²) in [5.41, 5.74) is 1.48. The maximum Gasteiger partial charge on any atom is 0.240 e. The van der Waals surface area contributed by atoms with Crippen molar-refractivity contribution in [2.45, 2.75) is 40.2 Å². The lowest BCUT2D eigenvalue weighted by molar-refractivity contribution is -0.134. The first kappa shape index (κ1) is 22.0. The molecule has 1 rings (SSSR count). The SMILES string of the molecule is CCN(CC(=O)NC(C)(C)C)C(=O)CSCC(=O)Nc1cccc(C)c1. The Morgan fingerprint density at radius 3 is 2.38 bits per heavy atom. The van der Waals surface area contributed by atoms with Crippen molar-refractivity contribution in [2.24, 2.45) is 0 Å². The number of amides is 3. The highest BCUT2D eigenvalue weighted by Gasteiger charge is 2.19. The molecule has 0 atom stereocenters. The molecule has 0 aliphatic carbocycles. The topological polar surface area (TPSA) is 78.5 Å². The van der Waals surface area contributed by atoms with Gasteiger partial charge in [-0.15, -0.1) is 11.8 Å². The minimum absolute atomic E-state index is 0.0304. The van der Waals surface area contributed by atoms with Gasteiger partial charge in [0.25, 0.3) is 0 Å². The highest BCUT2D eigenvalue weighted by molar-refractivity contribution is 8.00. The molecule has 0 fully saturated rings. The highest BCUT2D eigenvalue weighted by Crippen LogP contribution is 2.11. The number of hydrogen-bond donors (Lipinski definition) is 2. The van der Waals surface area contributed by atoms with E-state index in [0.29, 0.717) is 6.54 Å². The van der Waals surface area contributed by atoms with Gasteiger partial charge >= 0.3 is 0 Å². The normalized spacial score (nSPS) is 11.0. The first-order valence-electron chi connectivity index (χ1n) is 8.63. The first-order valence-corrected chi connectivity index (χ1v) is 9.79. The number of likely N-dealkylation sites (N-methyl/N-ethyl adjacent to an activating group) is 1. The summed E-state index contributed by atoms with van der Waals surface area (Å²) in [7, 11) is 0. The summed E-state index contributed by atoms with van der Waals surface area (Å²) in [4.78, 5) is 37.7. The minimum atomic E-state index is -0.331. The molecule has 2 N–H and O–H groups in total. The molecule has 0 saturated carbocycles.